The zero-order chi connectivity index (χ0) is 15.7. The molecule has 0 aliphatic heterocycles. The molecule has 0 aromatic heterocycles. The van der Waals surface area contributed by atoms with Gasteiger partial charge in [-0.3, -0.25) is 0 Å². The van der Waals surface area contributed by atoms with Gasteiger partial charge in [-0.15, -0.1) is 0 Å². The van der Waals surface area contributed by atoms with Gasteiger partial charge >= 0.3 is 0 Å². The Morgan fingerprint density at radius 3 is 1.95 bits per heavy atom. The Kier molecular flexibility index (Phi) is 4.52. The Bertz CT molecular complexity index is 602. The first-order valence-corrected chi connectivity index (χ1v) is 7.05. The molecule has 3 heteroatoms. The number of halogens is 1. The van der Waals surface area contributed by atoms with Gasteiger partial charge in [-0.2, -0.15) is 10.5 Å². The van der Waals surface area contributed by atoms with Gasteiger partial charge in [0, 0.05) is 5.02 Å². The molecule has 0 unspecified atom stereocenters. The molecule has 2 nitrogen and oxygen atoms in total. The van der Waals surface area contributed by atoms with Crippen LogP contribution in [0, 0.1) is 22.7 Å². The average Bonchev–Trinajstić information content (AvgIpc) is 2.28. The van der Waals surface area contributed by atoms with Crippen molar-refractivity contribution in [2.45, 2.75) is 58.8 Å². The van der Waals surface area contributed by atoms with E-state index in [0.717, 1.165) is 16.7 Å². The molecule has 20 heavy (non-hydrogen) atoms. The van der Waals surface area contributed by atoms with E-state index in [1.807, 2.05) is 26.8 Å². The minimum absolute atomic E-state index is 0.167. The first-order valence-electron chi connectivity index (χ1n) is 6.67. The molecule has 0 saturated carbocycles. The van der Waals surface area contributed by atoms with E-state index in [9.17, 15) is 5.26 Å². The minimum atomic E-state index is -0.234. The maximum atomic E-state index is 9.63. The van der Waals surface area contributed by atoms with Crippen LogP contribution >= 0.6 is 11.6 Å². The molecule has 1 rings (SSSR count). The van der Waals surface area contributed by atoms with Crippen LogP contribution < -0.4 is 0 Å². The number of nitriles is 2. The largest absolute Gasteiger partial charge is 0.198 e. The van der Waals surface area contributed by atoms with E-state index in [0.29, 0.717) is 10.6 Å². The molecule has 0 N–H and O–H groups in total. The van der Waals surface area contributed by atoms with Crippen molar-refractivity contribution in [1.29, 1.82) is 10.5 Å². The highest BCUT2D eigenvalue weighted by Gasteiger charge is 2.29. The molecule has 0 aliphatic carbocycles. The molecule has 0 atom stereocenters. The Morgan fingerprint density at radius 2 is 1.60 bits per heavy atom. The van der Waals surface area contributed by atoms with E-state index in [1.165, 1.54) is 0 Å². The van der Waals surface area contributed by atoms with Gasteiger partial charge in [0.2, 0.25) is 0 Å². The van der Waals surface area contributed by atoms with Crippen LogP contribution in [0.2, 0.25) is 5.02 Å². The van der Waals surface area contributed by atoms with Crippen LogP contribution in [0.5, 0.6) is 0 Å². The van der Waals surface area contributed by atoms with Crippen molar-refractivity contribution < 1.29 is 0 Å². The van der Waals surface area contributed by atoms with E-state index >= 15 is 0 Å². The Hall–Kier alpha value is -1.51. The van der Waals surface area contributed by atoms with Gasteiger partial charge in [-0.05, 0) is 33.6 Å². The fourth-order valence-electron chi connectivity index (χ4n) is 2.48. The molecule has 1 aromatic carbocycles. The smallest absolute Gasteiger partial charge is 0.0998 e. The van der Waals surface area contributed by atoms with Crippen molar-refractivity contribution in [2.24, 2.45) is 0 Å². The van der Waals surface area contributed by atoms with Gasteiger partial charge in [0.05, 0.1) is 24.1 Å². The molecule has 0 fully saturated rings. The predicted octanol–water partition coefficient (Wildman–Crippen LogP) is 4.87. The van der Waals surface area contributed by atoms with E-state index in [-0.39, 0.29) is 17.3 Å². The fraction of sp³-hybridized carbons (Fsp3) is 0.529. The van der Waals surface area contributed by atoms with Crippen molar-refractivity contribution in [3.8, 4) is 12.1 Å². The lowest BCUT2D eigenvalue weighted by molar-refractivity contribution is 0.561. The summed E-state index contributed by atoms with van der Waals surface area (Å²) < 4.78 is 0. The monoisotopic (exact) mass is 288 g/mol. The van der Waals surface area contributed by atoms with Crippen molar-refractivity contribution in [2.75, 3.05) is 0 Å². The summed E-state index contributed by atoms with van der Waals surface area (Å²) >= 11 is 6.39. The zero-order valence-corrected chi connectivity index (χ0v) is 13.8. The molecule has 0 amide bonds. The van der Waals surface area contributed by atoms with Crippen molar-refractivity contribution in [3.63, 3.8) is 0 Å². The number of benzene rings is 1. The normalized spacial score (nSPS) is 11.8. The summed E-state index contributed by atoms with van der Waals surface area (Å²) in [4.78, 5) is 0. The second kappa shape index (κ2) is 5.47. The summed E-state index contributed by atoms with van der Waals surface area (Å²) in [6.45, 7) is 12.3. The van der Waals surface area contributed by atoms with Crippen LogP contribution in [0.3, 0.4) is 0 Å². The molecular formula is C17H21ClN2. The lowest BCUT2D eigenvalue weighted by atomic mass is 9.74. The second-order valence-corrected chi connectivity index (χ2v) is 7.49. The van der Waals surface area contributed by atoms with Crippen LogP contribution in [0.15, 0.2) is 6.07 Å². The summed E-state index contributed by atoms with van der Waals surface area (Å²) in [6, 6.07) is 6.34. The van der Waals surface area contributed by atoms with Crippen LogP contribution in [0.25, 0.3) is 0 Å². The third kappa shape index (κ3) is 3.14. The number of rotatable bonds is 1. The third-order valence-corrected chi connectivity index (χ3v) is 3.64. The molecule has 0 bridgehead atoms. The first-order chi connectivity index (χ1) is 9.04. The zero-order valence-electron chi connectivity index (χ0n) is 13.1. The van der Waals surface area contributed by atoms with Gasteiger partial charge < -0.3 is 0 Å². The highest BCUT2D eigenvalue weighted by molar-refractivity contribution is 6.31. The maximum absolute atomic E-state index is 9.63. The molecular weight excluding hydrogens is 268 g/mol. The fourth-order valence-corrected chi connectivity index (χ4v) is 2.75. The topological polar surface area (TPSA) is 47.6 Å². The maximum Gasteiger partial charge on any atom is 0.0998 e. The molecule has 0 spiro atoms. The molecule has 0 heterocycles. The summed E-state index contributed by atoms with van der Waals surface area (Å²) in [6.07, 6.45) is 0.227. The Balaban J connectivity index is 3.89. The lowest BCUT2D eigenvalue weighted by Crippen LogP contribution is -2.22. The number of hydrogen-bond acceptors (Lipinski definition) is 2. The highest BCUT2D eigenvalue weighted by Crippen LogP contribution is 2.39. The van der Waals surface area contributed by atoms with Gasteiger partial charge in [-0.1, -0.05) is 53.1 Å². The standard InChI is InChI=1S/C17H21ClN2/c1-16(2,3)13-9-14(18)11(7-8-19)15(12(13)10-20)17(4,5)6/h9H,7H2,1-6H3. The Morgan fingerprint density at radius 1 is 1.05 bits per heavy atom. The van der Waals surface area contributed by atoms with Crippen molar-refractivity contribution in [1.82, 2.24) is 0 Å². The molecule has 0 radical (unpaired) electrons. The van der Waals surface area contributed by atoms with Gasteiger partial charge in [0.15, 0.2) is 0 Å². The first kappa shape index (κ1) is 16.5. The minimum Gasteiger partial charge on any atom is -0.198 e. The van der Waals surface area contributed by atoms with Crippen LogP contribution in [0.4, 0.5) is 0 Å². The third-order valence-electron chi connectivity index (χ3n) is 3.31. The van der Waals surface area contributed by atoms with E-state index in [4.69, 9.17) is 16.9 Å². The summed E-state index contributed by atoms with van der Waals surface area (Å²) in [5.41, 5.74) is 2.89. The average molecular weight is 289 g/mol. The SMILES string of the molecule is CC(C)(C)c1cc(Cl)c(CC#N)c(C(C)(C)C)c1C#N. The van der Waals surface area contributed by atoms with E-state index in [1.54, 1.807) is 0 Å². The van der Waals surface area contributed by atoms with Crippen LogP contribution in [0.1, 0.15) is 63.8 Å². The van der Waals surface area contributed by atoms with Crippen molar-refractivity contribution >= 4 is 11.6 Å². The van der Waals surface area contributed by atoms with Crippen molar-refractivity contribution in [3.05, 3.63) is 33.3 Å². The highest BCUT2D eigenvalue weighted by atomic mass is 35.5. The lowest BCUT2D eigenvalue weighted by Gasteiger charge is -2.30. The van der Waals surface area contributed by atoms with Crippen LogP contribution in [-0.4, -0.2) is 0 Å². The molecule has 0 aliphatic rings. The summed E-state index contributed by atoms with van der Waals surface area (Å²) in [5.74, 6) is 0. The quantitative estimate of drug-likeness (QED) is 0.740. The number of hydrogen-bond donors (Lipinski definition) is 0. The van der Waals surface area contributed by atoms with E-state index in [2.05, 4.69) is 32.9 Å². The van der Waals surface area contributed by atoms with Crippen LogP contribution in [-0.2, 0) is 17.3 Å². The summed E-state index contributed by atoms with van der Waals surface area (Å²) in [7, 11) is 0. The van der Waals surface area contributed by atoms with E-state index < -0.39 is 0 Å². The molecule has 1 aromatic rings. The molecule has 0 saturated heterocycles. The van der Waals surface area contributed by atoms with Gasteiger partial charge in [0.1, 0.15) is 0 Å². The second-order valence-electron chi connectivity index (χ2n) is 7.08. The van der Waals surface area contributed by atoms with Gasteiger partial charge in [0.25, 0.3) is 0 Å². The van der Waals surface area contributed by atoms with Gasteiger partial charge in [-0.25, -0.2) is 0 Å². The summed E-state index contributed by atoms with van der Waals surface area (Å²) in [5, 5.41) is 19.3. The number of nitrogens with zero attached hydrogens (tertiary/aromatic N) is 2. The predicted molar refractivity (Wildman–Crippen MR) is 82.9 cm³/mol. The Labute approximate surface area is 127 Å². The molecule has 106 valence electrons.